The van der Waals surface area contributed by atoms with Crippen LogP contribution < -0.4 is 10.6 Å². The van der Waals surface area contributed by atoms with Gasteiger partial charge in [0.05, 0.1) is 6.54 Å². The first-order chi connectivity index (χ1) is 10.8. The second kappa shape index (κ2) is 6.81. The van der Waals surface area contributed by atoms with Gasteiger partial charge in [0.1, 0.15) is 0 Å². The summed E-state index contributed by atoms with van der Waals surface area (Å²) >= 11 is 0. The molecule has 1 aromatic carbocycles. The third kappa shape index (κ3) is 4.55. The molecule has 0 unspecified atom stereocenters. The van der Waals surface area contributed by atoms with Crippen molar-refractivity contribution in [1.29, 1.82) is 0 Å². The number of imide groups is 1. The summed E-state index contributed by atoms with van der Waals surface area (Å²) in [6, 6.07) is 7.39. The molecule has 1 aromatic rings. The summed E-state index contributed by atoms with van der Waals surface area (Å²) in [4.78, 5) is 35.8. The lowest BCUT2D eigenvalue weighted by Crippen LogP contribution is -2.32. The monoisotopic (exact) mass is 317 g/mol. The number of nitrogens with one attached hydrogen (secondary N) is 2. The van der Waals surface area contributed by atoms with E-state index in [0.29, 0.717) is 6.42 Å². The Labute approximate surface area is 136 Å². The lowest BCUT2D eigenvalue weighted by molar-refractivity contribution is -0.125. The van der Waals surface area contributed by atoms with Gasteiger partial charge < -0.3 is 10.6 Å². The zero-order chi connectivity index (χ0) is 17.0. The van der Waals surface area contributed by atoms with Crippen molar-refractivity contribution in [2.24, 2.45) is 0 Å². The van der Waals surface area contributed by atoms with Gasteiger partial charge in [0.25, 0.3) is 0 Å². The number of nitrogens with zero attached hydrogens (tertiary/aromatic N) is 1. The van der Waals surface area contributed by atoms with E-state index in [1.165, 1.54) is 5.56 Å². The van der Waals surface area contributed by atoms with Gasteiger partial charge in [-0.1, -0.05) is 32.9 Å². The van der Waals surface area contributed by atoms with Crippen molar-refractivity contribution in [2.75, 3.05) is 18.4 Å². The summed E-state index contributed by atoms with van der Waals surface area (Å²) in [5, 5.41) is 5.28. The fourth-order valence-electron chi connectivity index (χ4n) is 2.36. The minimum atomic E-state index is -0.381. The Balaban J connectivity index is 1.79. The van der Waals surface area contributed by atoms with Crippen LogP contribution in [0.3, 0.4) is 0 Å². The van der Waals surface area contributed by atoms with Crippen molar-refractivity contribution in [3.8, 4) is 0 Å². The highest BCUT2D eigenvalue weighted by Crippen LogP contribution is 2.23. The fourth-order valence-corrected chi connectivity index (χ4v) is 2.36. The first-order valence-corrected chi connectivity index (χ1v) is 7.76. The van der Waals surface area contributed by atoms with E-state index in [0.717, 1.165) is 10.6 Å². The van der Waals surface area contributed by atoms with Gasteiger partial charge in [-0.2, -0.15) is 0 Å². The standard InChI is InChI=1S/C17H23N3O3/c1-17(2,3)12-6-8-13(9-7-12)19-14(21)5-4-10-20-15(22)11-18-16(20)23/h6-9H,4-5,10-11H2,1-3H3,(H,18,23)(H,19,21). The Kier molecular flexibility index (Phi) is 5.03. The van der Waals surface area contributed by atoms with Crippen molar-refractivity contribution in [3.63, 3.8) is 0 Å². The number of anilines is 1. The number of urea groups is 1. The van der Waals surface area contributed by atoms with Crippen molar-refractivity contribution in [1.82, 2.24) is 10.2 Å². The van der Waals surface area contributed by atoms with Crippen LogP contribution in [0.15, 0.2) is 24.3 Å². The predicted octanol–water partition coefficient (Wildman–Crippen LogP) is 2.25. The topological polar surface area (TPSA) is 78.5 Å². The molecule has 1 fully saturated rings. The molecule has 1 saturated heterocycles. The summed E-state index contributed by atoms with van der Waals surface area (Å²) < 4.78 is 0. The minimum absolute atomic E-state index is 0.0468. The molecule has 0 bridgehead atoms. The minimum Gasteiger partial charge on any atom is -0.329 e. The van der Waals surface area contributed by atoms with Gasteiger partial charge in [-0.05, 0) is 29.5 Å². The molecule has 1 aliphatic rings. The zero-order valence-corrected chi connectivity index (χ0v) is 13.8. The van der Waals surface area contributed by atoms with Crippen LogP contribution in [0.2, 0.25) is 0 Å². The molecule has 0 saturated carbocycles. The molecule has 2 rings (SSSR count). The highest BCUT2D eigenvalue weighted by Gasteiger charge is 2.27. The van der Waals surface area contributed by atoms with Gasteiger partial charge in [-0.25, -0.2) is 4.79 Å². The molecule has 0 atom stereocenters. The molecule has 2 N–H and O–H groups in total. The number of hydrogen-bond donors (Lipinski definition) is 2. The maximum absolute atomic E-state index is 11.9. The van der Waals surface area contributed by atoms with Crippen LogP contribution in [0.4, 0.5) is 10.5 Å². The molecule has 1 heterocycles. The Morgan fingerprint density at radius 2 is 1.87 bits per heavy atom. The molecule has 1 aliphatic heterocycles. The Bertz CT molecular complexity index is 587. The fraction of sp³-hybridized carbons (Fsp3) is 0.471. The predicted molar refractivity (Wildman–Crippen MR) is 88.1 cm³/mol. The highest BCUT2D eigenvalue weighted by molar-refractivity contribution is 6.02. The van der Waals surface area contributed by atoms with Crippen LogP contribution in [-0.4, -0.2) is 35.8 Å². The largest absolute Gasteiger partial charge is 0.329 e. The summed E-state index contributed by atoms with van der Waals surface area (Å²) in [5.41, 5.74) is 2.03. The van der Waals surface area contributed by atoms with Crippen LogP contribution >= 0.6 is 0 Å². The van der Waals surface area contributed by atoms with Crippen LogP contribution in [0, 0.1) is 0 Å². The third-order valence-electron chi connectivity index (χ3n) is 3.76. The molecule has 6 heteroatoms. The van der Waals surface area contributed by atoms with E-state index in [-0.39, 0.29) is 42.8 Å². The quantitative estimate of drug-likeness (QED) is 0.818. The molecule has 6 nitrogen and oxygen atoms in total. The molecular weight excluding hydrogens is 294 g/mol. The van der Waals surface area contributed by atoms with E-state index in [2.05, 4.69) is 31.4 Å². The average Bonchev–Trinajstić information content (AvgIpc) is 2.78. The van der Waals surface area contributed by atoms with Gasteiger partial charge in [0, 0.05) is 18.7 Å². The highest BCUT2D eigenvalue weighted by atomic mass is 16.2. The smallest absolute Gasteiger partial charge is 0.324 e. The Morgan fingerprint density at radius 1 is 1.22 bits per heavy atom. The van der Waals surface area contributed by atoms with Crippen LogP contribution in [-0.2, 0) is 15.0 Å². The third-order valence-corrected chi connectivity index (χ3v) is 3.76. The van der Waals surface area contributed by atoms with Gasteiger partial charge in [-0.15, -0.1) is 0 Å². The van der Waals surface area contributed by atoms with Crippen LogP contribution in [0.5, 0.6) is 0 Å². The first kappa shape index (κ1) is 17.0. The van der Waals surface area contributed by atoms with Gasteiger partial charge >= 0.3 is 6.03 Å². The van der Waals surface area contributed by atoms with E-state index in [1.54, 1.807) is 0 Å². The summed E-state index contributed by atoms with van der Waals surface area (Å²) in [6.07, 6.45) is 0.711. The van der Waals surface area contributed by atoms with E-state index in [1.807, 2.05) is 24.3 Å². The van der Waals surface area contributed by atoms with Crippen molar-refractivity contribution >= 4 is 23.5 Å². The molecule has 124 valence electrons. The Hall–Kier alpha value is -2.37. The Morgan fingerprint density at radius 3 is 2.39 bits per heavy atom. The van der Waals surface area contributed by atoms with Gasteiger partial charge in [-0.3, -0.25) is 14.5 Å². The van der Waals surface area contributed by atoms with E-state index < -0.39 is 0 Å². The summed E-state index contributed by atoms with van der Waals surface area (Å²) in [6.45, 7) is 6.72. The average molecular weight is 317 g/mol. The van der Waals surface area contributed by atoms with Crippen LogP contribution in [0.1, 0.15) is 39.2 Å². The van der Waals surface area contributed by atoms with Gasteiger partial charge in [0.15, 0.2) is 0 Å². The molecule has 0 spiro atoms. The second-order valence-electron chi connectivity index (χ2n) is 6.68. The first-order valence-electron chi connectivity index (χ1n) is 7.76. The lowest BCUT2D eigenvalue weighted by Gasteiger charge is -2.19. The van der Waals surface area contributed by atoms with Crippen molar-refractivity contribution in [2.45, 2.75) is 39.0 Å². The molecular formula is C17H23N3O3. The zero-order valence-electron chi connectivity index (χ0n) is 13.8. The SMILES string of the molecule is CC(C)(C)c1ccc(NC(=O)CCCN2C(=O)CNC2=O)cc1. The van der Waals surface area contributed by atoms with E-state index >= 15 is 0 Å². The normalized spacial score (nSPS) is 14.8. The van der Waals surface area contributed by atoms with E-state index in [4.69, 9.17) is 0 Å². The number of hydrogen-bond acceptors (Lipinski definition) is 3. The number of carbonyl (C=O) groups excluding carboxylic acids is 3. The number of benzene rings is 1. The molecule has 4 amide bonds. The van der Waals surface area contributed by atoms with Crippen molar-refractivity contribution < 1.29 is 14.4 Å². The second-order valence-corrected chi connectivity index (χ2v) is 6.68. The van der Waals surface area contributed by atoms with Crippen LogP contribution in [0.25, 0.3) is 0 Å². The van der Waals surface area contributed by atoms with Crippen molar-refractivity contribution in [3.05, 3.63) is 29.8 Å². The maximum Gasteiger partial charge on any atom is 0.324 e. The van der Waals surface area contributed by atoms with E-state index in [9.17, 15) is 14.4 Å². The number of rotatable bonds is 5. The maximum atomic E-state index is 11.9. The molecule has 0 radical (unpaired) electrons. The summed E-state index contributed by atoms with van der Waals surface area (Å²) in [7, 11) is 0. The number of amides is 4. The summed E-state index contributed by atoms with van der Waals surface area (Å²) in [5.74, 6) is -0.367. The molecule has 23 heavy (non-hydrogen) atoms. The number of carbonyl (C=O) groups is 3. The lowest BCUT2D eigenvalue weighted by atomic mass is 9.87. The van der Waals surface area contributed by atoms with Gasteiger partial charge in [0.2, 0.25) is 11.8 Å². The molecule has 0 aromatic heterocycles. The molecule has 0 aliphatic carbocycles.